The second-order valence-electron chi connectivity index (χ2n) is 3.58. The molecule has 1 unspecified atom stereocenters. The van der Waals surface area contributed by atoms with Crippen molar-refractivity contribution in [3.05, 3.63) is 32.7 Å². The van der Waals surface area contributed by atoms with E-state index in [-0.39, 0.29) is 18.4 Å². The fourth-order valence-corrected chi connectivity index (χ4v) is 1.95. The normalized spacial score (nSPS) is 14.2. The molecular formula is C11H16Br2ClN. The van der Waals surface area contributed by atoms with E-state index >= 15 is 0 Å². The first-order valence-electron chi connectivity index (χ1n) is 4.76. The fourth-order valence-electron chi connectivity index (χ4n) is 1.30. The smallest absolute Gasteiger partial charge is 0.0321 e. The molecule has 2 atom stereocenters. The predicted octanol–water partition coefficient (Wildman–Crippen LogP) is 4.68. The van der Waals surface area contributed by atoms with Crippen molar-refractivity contribution in [2.45, 2.75) is 26.3 Å². The van der Waals surface area contributed by atoms with Gasteiger partial charge in [-0.2, -0.15) is 0 Å². The fraction of sp³-hybridized carbons (Fsp3) is 0.455. The summed E-state index contributed by atoms with van der Waals surface area (Å²) in [5.74, 6) is 0.517. The van der Waals surface area contributed by atoms with E-state index in [9.17, 15) is 0 Å². The van der Waals surface area contributed by atoms with E-state index in [0.717, 1.165) is 15.4 Å². The van der Waals surface area contributed by atoms with Crippen molar-refractivity contribution in [2.75, 3.05) is 0 Å². The van der Waals surface area contributed by atoms with E-state index in [1.54, 1.807) is 0 Å². The molecule has 0 bridgehead atoms. The Labute approximate surface area is 114 Å². The molecule has 1 nitrogen and oxygen atoms in total. The molecule has 1 aromatic rings. The lowest BCUT2D eigenvalue weighted by Crippen LogP contribution is -2.18. The molecule has 86 valence electrons. The average Bonchev–Trinajstić information content (AvgIpc) is 2.20. The highest BCUT2D eigenvalue weighted by molar-refractivity contribution is 9.13. The third-order valence-electron chi connectivity index (χ3n) is 2.59. The molecular weight excluding hydrogens is 341 g/mol. The van der Waals surface area contributed by atoms with Gasteiger partial charge in [-0.25, -0.2) is 0 Å². The third kappa shape index (κ3) is 4.06. The maximum atomic E-state index is 6.13. The largest absolute Gasteiger partial charge is 0.324 e. The number of benzene rings is 1. The molecule has 1 aromatic carbocycles. The van der Waals surface area contributed by atoms with Gasteiger partial charge >= 0.3 is 0 Å². The van der Waals surface area contributed by atoms with Crippen LogP contribution < -0.4 is 5.73 Å². The minimum atomic E-state index is 0. The third-order valence-corrected chi connectivity index (χ3v) is 4.47. The highest BCUT2D eigenvalue weighted by Gasteiger charge is 2.13. The van der Waals surface area contributed by atoms with Crippen LogP contribution in [0.1, 0.15) is 31.9 Å². The average molecular weight is 358 g/mol. The van der Waals surface area contributed by atoms with Crippen molar-refractivity contribution in [1.29, 1.82) is 0 Å². The Morgan fingerprint density at radius 1 is 1.27 bits per heavy atom. The molecule has 4 heteroatoms. The van der Waals surface area contributed by atoms with Crippen LogP contribution in [0.25, 0.3) is 0 Å². The summed E-state index contributed by atoms with van der Waals surface area (Å²) >= 11 is 6.93. The maximum absolute atomic E-state index is 6.13. The van der Waals surface area contributed by atoms with Crippen LogP contribution in [0.2, 0.25) is 0 Å². The van der Waals surface area contributed by atoms with Gasteiger partial charge in [0.25, 0.3) is 0 Å². The van der Waals surface area contributed by atoms with Crippen molar-refractivity contribution in [2.24, 2.45) is 11.7 Å². The van der Waals surface area contributed by atoms with E-state index in [4.69, 9.17) is 5.73 Å². The van der Waals surface area contributed by atoms with Crippen molar-refractivity contribution in [3.63, 3.8) is 0 Å². The Hall–Kier alpha value is 0.430. The van der Waals surface area contributed by atoms with Crippen LogP contribution in [0, 0.1) is 5.92 Å². The highest BCUT2D eigenvalue weighted by Crippen LogP contribution is 2.29. The first-order valence-corrected chi connectivity index (χ1v) is 6.35. The molecule has 1 rings (SSSR count). The maximum Gasteiger partial charge on any atom is 0.0321 e. The SMILES string of the molecule is CCC(C)[C@H](N)c1ccc(Br)c(Br)c1.Cl. The van der Waals surface area contributed by atoms with Gasteiger partial charge in [0, 0.05) is 15.0 Å². The quantitative estimate of drug-likeness (QED) is 0.835. The van der Waals surface area contributed by atoms with Crippen molar-refractivity contribution >= 4 is 44.3 Å². The molecule has 0 amide bonds. The Morgan fingerprint density at radius 3 is 2.33 bits per heavy atom. The van der Waals surface area contributed by atoms with Gasteiger partial charge in [0.05, 0.1) is 0 Å². The number of nitrogens with two attached hydrogens (primary N) is 1. The molecule has 0 radical (unpaired) electrons. The first kappa shape index (κ1) is 15.4. The van der Waals surface area contributed by atoms with Gasteiger partial charge in [-0.3, -0.25) is 0 Å². The standard InChI is InChI=1S/C11H15Br2N.ClH/c1-3-7(2)11(14)8-4-5-9(12)10(13)6-8;/h4-7,11H,3,14H2,1-2H3;1H/t7?,11-;/m0./s1. The first-order chi connectivity index (χ1) is 6.56. The molecule has 0 aliphatic carbocycles. The van der Waals surface area contributed by atoms with E-state index in [1.165, 1.54) is 5.56 Å². The van der Waals surface area contributed by atoms with Crippen molar-refractivity contribution < 1.29 is 0 Å². The topological polar surface area (TPSA) is 26.0 Å². The van der Waals surface area contributed by atoms with E-state index in [2.05, 4.69) is 57.8 Å². The molecule has 15 heavy (non-hydrogen) atoms. The van der Waals surface area contributed by atoms with Gasteiger partial charge in [-0.15, -0.1) is 12.4 Å². The summed E-state index contributed by atoms with van der Waals surface area (Å²) < 4.78 is 2.13. The molecule has 0 aliphatic rings. The lowest BCUT2D eigenvalue weighted by molar-refractivity contribution is 0.456. The minimum Gasteiger partial charge on any atom is -0.324 e. The lowest BCUT2D eigenvalue weighted by Gasteiger charge is -2.19. The van der Waals surface area contributed by atoms with Crippen LogP contribution in [-0.4, -0.2) is 0 Å². The Balaban J connectivity index is 0.00000196. The number of hydrogen-bond donors (Lipinski definition) is 1. The van der Waals surface area contributed by atoms with E-state index in [1.807, 2.05) is 6.07 Å². The summed E-state index contributed by atoms with van der Waals surface area (Å²) in [5, 5.41) is 0. The van der Waals surface area contributed by atoms with Crippen molar-refractivity contribution in [1.82, 2.24) is 0 Å². The molecule has 2 N–H and O–H groups in total. The molecule has 0 aliphatic heterocycles. The van der Waals surface area contributed by atoms with Gasteiger partial charge in [0.1, 0.15) is 0 Å². The Morgan fingerprint density at radius 2 is 1.87 bits per heavy atom. The van der Waals surface area contributed by atoms with Crippen molar-refractivity contribution in [3.8, 4) is 0 Å². The van der Waals surface area contributed by atoms with Gasteiger partial charge in [-0.1, -0.05) is 26.3 Å². The number of hydrogen-bond acceptors (Lipinski definition) is 1. The summed E-state index contributed by atoms with van der Waals surface area (Å²) in [6, 6.07) is 6.32. The number of halogens is 3. The van der Waals surface area contributed by atoms with Crippen LogP contribution in [0.4, 0.5) is 0 Å². The molecule has 0 spiro atoms. The van der Waals surface area contributed by atoms with Gasteiger partial charge in [0.15, 0.2) is 0 Å². The highest BCUT2D eigenvalue weighted by atomic mass is 79.9. The second-order valence-corrected chi connectivity index (χ2v) is 5.29. The molecule has 0 heterocycles. The zero-order chi connectivity index (χ0) is 10.7. The molecule has 0 fully saturated rings. The zero-order valence-electron chi connectivity index (χ0n) is 8.84. The zero-order valence-corrected chi connectivity index (χ0v) is 12.8. The molecule has 0 aromatic heterocycles. The summed E-state index contributed by atoms with van der Waals surface area (Å²) in [6.07, 6.45) is 1.11. The summed E-state index contributed by atoms with van der Waals surface area (Å²) in [6.45, 7) is 4.35. The summed E-state index contributed by atoms with van der Waals surface area (Å²) in [4.78, 5) is 0. The minimum absolute atomic E-state index is 0. The Bertz CT molecular complexity index is 317. The lowest BCUT2D eigenvalue weighted by atomic mass is 9.93. The van der Waals surface area contributed by atoms with Crippen LogP contribution in [0.3, 0.4) is 0 Å². The monoisotopic (exact) mass is 355 g/mol. The molecule has 0 saturated heterocycles. The second kappa shape index (κ2) is 6.89. The van der Waals surface area contributed by atoms with Crippen LogP contribution >= 0.6 is 44.3 Å². The predicted molar refractivity (Wildman–Crippen MR) is 75.5 cm³/mol. The van der Waals surface area contributed by atoms with Gasteiger partial charge < -0.3 is 5.73 Å². The van der Waals surface area contributed by atoms with Crippen LogP contribution in [0.5, 0.6) is 0 Å². The van der Waals surface area contributed by atoms with E-state index < -0.39 is 0 Å². The van der Waals surface area contributed by atoms with Gasteiger partial charge in [-0.05, 0) is 55.5 Å². The van der Waals surface area contributed by atoms with Gasteiger partial charge in [0.2, 0.25) is 0 Å². The van der Waals surface area contributed by atoms with E-state index in [0.29, 0.717) is 5.92 Å². The summed E-state index contributed by atoms with van der Waals surface area (Å²) in [5.41, 5.74) is 7.32. The van der Waals surface area contributed by atoms with Crippen LogP contribution in [0.15, 0.2) is 27.1 Å². The Kier molecular flexibility index (Phi) is 7.09. The molecule has 0 saturated carbocycles. The number of rotatable bonds is 3. The van der Waals surface area contributed by atoms with Crippen LogP contribution in [-0.2, 0) is 0 Å². The summed E-state index contributed by atoms with van der Waals surface area (Å²) in [7, 11) is 0.